The average Bonchev–Trinajstić information content (AvgIpc) is 2.80. The summed E-state index contributed by atoms with van der Waals surface area (Å²) in [6.45, 7) is -0.219. The van der Waals surface area contributed by atoms with Crippen molar-refractivity contribution < 1.29 is 24.2 Å². The van der Waals surface area contributed by atoms with Crippen LogP contribution in [0.25, 0.3) is 0 Å². The number of amides is 1. The van der Waals surface area contributed by atoms with Gasteiger partial charge in [0.2, 0.25) is 0 Å². The van der Waals surface area contributed by atoms with Crippen molar-refractivity contribution in [2.75, 3.05) is 24.5 Å². The van der Waals surface area contributed by atoms with E-state index in [0.29, 0.717) is 27.9 Å². The number of rotatable bonds is 9. The van der Waals surface area contributed by atoms with Gasteiger partial charge in [-0.15, -0.1) is 0 Å². The maximum atomic E-state index is 12.1. The van der Waals surface area contributed by atoms with Crippen LogP contribution in [0.3, 0.4) is 0 Å². The van der Waals surface area contributed by atoms with E-state index >= 15 is 0 Å². The molecule has 8 nitrogen and oxygen atoms in total. The Morgan fingerprint density at radius 2 is 1.81 bits per heavy atom. The molecule has 9 heteroatoms. The Hall–Kier alpha value is -4.04. The van der Waals surface area contributed by atoms with Crippen molar-refractivity contribution >= 4 is 41.1 Å². The van der Waals surface area contributed by atoms with Crippen LogP contribution in [-0.4, -0.2) is 36.9 Å². The Morgan fingerprint density at radius 3 is 2.50 bits per heavy atom. The van der Waals surface area contributed by atoms with Crippen molar-refractivity contribution in [1.82, 2.24) is 0 Å². The predicted octanol–water partition coefficient (Wildman–Crippen LogP) is 4.51. The number of hydrogen-bond acceptors (Lipinski definition) is 6. The van der Waals surface area contributed by atoms with Crippen LogP contribution >= 0.6 is 11.6 Å². The zero-order valence-corrected chi connectivity index (χ0v) is 17.8. The number of methoxy groups -OCH3 is 1. The van der Waals surface area contributed by atoms with Crippen LogP contribution in [0, 0.1) is 0 Å². The van der Waals surface area contributed by atoms with E-state index in [2.05, 4.69) is 15.8 Å². The molecule has 0 atom stereocenters. The largest absolute Gasteiger partial charge is 0.493 e. The fourth-order valence-corrected chi connectivity index (χ4v) is 2.83. The van der Waals surface area contributed by atoms with Crippen LogP contribution in [0.1, 0.15) is 15.9 Å². The molecule has 0 fully saturated rings. The van der Waals surface area contributed by atoms with E-state index in [1.807, 2.05) is 0 Å². The number of ether oxygens (including phenoxy) is 2. The van der Waals surface area contributed by atoms with Crippen molar-refractivity contribution in [3.63, 3.8) is 0 Å². The molecule has 0 spiro atoms. The highest BCUT2D eigenvalue weighted by Gasteiger charge is 2.10. The molecule has 1 amide bonds. The smallest absolute Gasteiger partial charge is 0.335 e. The van der Waals surface area contributed by atoms with Crippen LogP contribution < -0.4 is 20.2 Å². The minimum Gasteiger partial charge on any atom is -0.493 e. The highest BCUT2D eigenvalue weighted by molar-refractivity contribution is 6.33. The van der Waals surface area contributed by atoms with E-state index in [-0.39, 0.29) is 18.1 Å². The maximum absolute atomic E-state index is 12.1. The first kappa shape index (κ1) is 22.6. The number of para-hydroxylation sites is 1. The summed E-state index contributed by atoms with van der Waals surface area (Å²) in [6.07, 6.45) is 1.57. The lowest BCUT2D eigenvalue weighted by atomic mass is 10.2. The third-order valence-corrected chi connectivity index (χ3v) is 4.56. The fraction of sp³-hybridized carbons (Fsp3) is 0.0870. The molecule has 164 valence electrons. The van der Waals surface area contributed by atoms with Gasteiger partial charge >= 0.3 is 5.97 Å². The molecule has 3 N–H and O–H groups in total. The van der Waals surface area contributed by atoms with E-state index < -0.39 is 5.97 Å². The summed E-state index contributed by atoms with van der Waals surface area (Å²) in [6, 6.07) is 18.3. The van der Waals surface area contributed by atoms with Gasteiger partial charge in [-0.2, -0.15) is 5.10 Å². The number of carbonyl (C=O) groups excluding carboxylic acids is 1. The van der Waals surface area contributed by atoms with Crippen molar-refractivity contribution in [2.45, 2.75) is 0 Å². The second-order valence-electron chi connectivity index (χ2n) is 6.48. The number of benzene rings is 3. The van der Waals surface area contributed by atoms with Crippen LogP contribution in [0.15, 0.2) is 71.8 Å². The van der Waals surface area contributed by atoms with E-state index in [1.165, 1.54) is 19.2 Å². The summed E-state index contributed by atoms with van der Waals surface area (Å²) in [5.74, 6) is -0.513. The molecule has 0 aliphatic carbocycles. The first-order valence-corrected chi connectivity index (χ1v) is 9.81. The van der Waals surface area contributed by atoms with Gasteiger partial charge in [-0.1, -0.05) is 23.7 Å². The number of aromatic carboxylic acids is 1. The molecule has 32 heavy (non-hydrogen) atoms. The lowest BCUT2D eigenvalue weighted by Crippen LogP contribution is -2.20. The number of hydrazone groups is 1. The molecule has 0 aliphatic rings. The van der Waals surface area contributed by atoms with E-state index in [0.717, 1.165) is 5.56 Å². The Balaban J connectivity index is 1.57. The molecular formula is C23H20ClN3O5. The first-order chi connectivity index (χ1) is 15.5. The number of halogens is 1. The third-order valence-electron chi connectivity index (χ3n) is 4.23. The van der Waals surface area contributed by atoms with Crippen molar-refractivity contribution in [3.8, 4) is 11.5 Å². The summed E-state index contributed by atoms with van der Waals surface area (Å²) in [5.41, 5.74) is 4.89. The van der Waals surface area contributed by atoms with Crippen LogP contribution in [0.2, 0.25) is 5.02 Å². The number of nitrogens with one attached hydrogen (secondary N) is 2. The van der Waals surface area contributed by atoms with E-state index in [4.69, 9.17) is 26.2 Å². The molecule has 0 radical (unpaired) electrons. The first-order valence-electron chi connectivity index (χ1n) is 9.44. The minimum atomic E-state index is -0.990. The molecule has 0 unspecified atom stereocenters. The van der Waals surface area contributed by atoms with Crippen molar-refractivity contribution in [3.05, 3.63) is 82.9 Å². The minimum absolute atomic E-state index is 0.195. The lowest BCUT2D eigenvalue weighted by molar-refractivity contribution is -0.118. The van der Waals surface area contributed by atoms with Gasteiger partial charge in [0.05, 0.1) is 35.3 Å². The van der Waals surface area contributed by atoms with Gasteiger partial charge < -0.3 is 19.9 Å². The number of anilines is 2. The second kappa shape index (κ2) is 10.8. The molecule has 3 aromatic carbocycles. The molecule has 0 bridgehead atoms. The lowest BCUT2D eigenvalue weighted by Gasteiger charge is -2.12. The summed E-state index contributed by atoms with van der Waals surface area (Å²) in [4.78, 5) is 23.0. The van der Waals surface area contributed by atoms with Gasteiger partial charge in [-0.05, 0) is 60.2 Å². The predicted molar refractivity (Wildman–Crippen MR) is 123 cm³/mol. The molecule has 0 saturated heterocycles. The van der Waals surface area contributed by atoms with Gasteiger partial charge in [0, 0.05) is 0 Å². The van der Waals surface area contributed by atoms with Crippen LogP contribution in [-0.2, 0) is 4.79 Å². The third kappa shape index (κ3) is 6.23. The van der Waals surface area contributed by atoms with E-state index in [9.17, 15) is 9.59 Å². The normalized spacial score (nSPS) is 10.6. The number of hydrogen-bond donors (Lipinski definition) is 3. The Bertz CT molecular complexity index is 1130. The molecule has 0 heterocycles. The van der Waals surface area contributed by atoms with Gasteiger partial charge in [0.1, 0.15) is 0 Å². The van der Waals surface area contributed by atoms with Crippen LogP contribution in [0.5, 0.6) is 11.5 Å². The topological polar surface area (TPSA) is 109 Å². The number of carboxylic acids is 1. The molecular weight excluding hydrogens is 434 g/mol. The molecule has 3 rings (SSSR count). The fourth-order valence-electron chi connectivity index (χ4n) is 2.64. The molecule has 0 aromatic heterocycles. The monoisotopic (exact) mass is 453 g/mol. The summed E-state index contributed by atoms with van der Waals surface area (Å²) in [5, 5.41) is 16.2. The highest BCUT2D eigenvalue weighted by Crippen LogP contribution is 2.28. The van der Waals surface area contributed by atoms with E-state index in [1.54, 1.807) is 60.8 Å². The van der Waals surface area contributed by atoms with Crippen LogP contribution in [0.4, 0.5) is 11.4 Å². The number of nitrogens with zero attached hydrogens (tertiary/aromatic N) is 1. The van der Waals surface area contributed by atoms with Crippen molar-refractivity contribution in [2.24, 2.45) is 5.10 Å². The van der Waals surface area contributed by atoms with Gasteiger partial charge in [-0.3, -0.25) is 10.2 Å². The SMILES string of the molecule is COc1cc(/C=N/Nc2ccc(C(=O)O)cc2)ccc1OCC(=O)Nc1ccccc1Cl. The van der Waals surface area contributed by atoms with Gasteiger partial charge in [0.15, 0.2) is 18.1 Å². The standard InChI is InChI=1S/C23H20ClN3O5/c1-31-21-12-15(13-25-27-17-9-7-16(8-10-17)23(29)30)6-11-20(21)32-14-22(28)26-19-5-3-2-4-18(19)24/h2-13,27H,14H2,1H3,(H,26,28)(H,29,30)/b25-13+. The quantitative estimate of drug-likeness (QED) is 0.325. The summed E-state index contributed by atoms with van der Waals surface area (Å²) in [7, 11) is 1.50. The maximum Gasteiger partial charge on any atom is 0.335 e. The Kier molecular flexibility index (Phi) is 7.66. The Morgan fingerprint density at radius 1 is 1.06 bits per heavy atom. The highest BCUT2D eigenvalue weighted by atomic mass is 35.5. The molecule has 3 aromatic rings. The summed E-state index contributed by atoms with van der Waals surface area (Å²) >= 11 is 6.03. The van der Waals surface area contributed by atoms with Crippen molar-refractivity contribution in [1.29, 1.82) is 0 Å². The molecule has 0 saturated carbocycles. The van der Waals surface area contributed by atoms with Gasteiger partial charge in [-0.25, -0.2) is 4.79 Å². The zero-order chi connectivity index (χ0) is 22.9. The Labute approximate surface area is 189 Å². The summed E-state index contributed by atoms with van der Waals surface area (Å²) < 4.78 is 10.9. The number of carboxylic acid groups (broad SMARTS) is 1. The molecule has 0 aliphatic heterocycles. The second-order valence-corrected chi connectivity index (χ2v) is 6.89. The average molecular weight is 454 g/mol. The van der Waals surface area contributed by atoms with Gasteiger partial charge in [0.25, 0.3) is 5.91 Å². The zero-order valence-electron chi connectivity index (χ0n) is 17.0. The number of carbonyl (C=O) groups is 2.